The third-order valence-corrected chi connectivity index (χ3v) is 4.78. The van der Waals surface area contributed by atoms with Crippen LogP contribution in [0.5, 0.6) is 0 Å². The quantitative estimate of drug-likeness (QED) is 0.562. The van der Waals surface area contributed by atoms with Crippen molar-refractivity contribution in [3.63, 3.8) is 0 Å². The van der Waals surface area contributed by atoms with E-state index in [9.17, 15) is 14.9 Å². The van der Waals surface area contributed by atoms with Gasteiger partial charge in [0.05, 0.1) is 24.2 Å². The molecule has 1 fully saturated rings. The molecule has 8 heteroatoms. The van der Waals surface area contributed by atoms with Crippen molar-refractivity contribution in [1.29, 1.82) is 0 Å². The van der Waals surface area contributed by atoms with Gasteiger partial charge in [0.15, 0.2) is 0 Å². The molecule has 0 aromatic heterocycles. The second kappa shape index (κ2) is 9.29. The van der Waals surface area contributed by atoms with Crippen molar-refractivity contribution in [3.8, 4) is 0 Å². The summed E-state index contributed by atoms with van der Waals surface area (Å²) in [4.78, 5) is 25.9. The molecule has 0 bridgehead atoms. The average molecular weight is 384 g/mol. The maximum absolute atomic E-state index is 12.8. The van der Waals surface area contributed by atoms with Crippen molar-refractivity contribution in [1.82, 2.24) is 10.2 Å². The van der Waals surface area contributed by atoms with E-state index in [1.165, 1.54) is 6.07 Å². The Balaban J connectivity index is 1.80. The van der Waals surface area contributed by atoms with Gasteiger partial charge in [-0.1, -0.05) is 30.3 Å². The molecule has 1 heterocycles. The lowest BCUT2D eigenvalue weighted by Gasteiger charge is -2.31. The summed E-state index contributed by atoms with van der Waals surface area (Å²) in [6.07, 6.45) is 0. The smallest absolute Gasteiger partial charge is 0.293 e. The number of nitrogens with zero attached hydrogens (tertiary/aromatic N) is 2. The highest BCUT2D eigenvalue weighted by atomic mass is 16.6. The Kier molecular flexibility index (Phi) is 6.57. The molecule has 1 aliphatic heterocycles. The number of nitro benzene ring substituents is 1. The number of ether oxygens (including phenoxy) is 1. The Morgan fingerprint density at radius 2 is 1.93 bits per heavy atom. The fourth-order valence-electron chi connectivity index (χ4n) is 3.24. The normalized spacial score (nSPS) is 15.6. The van der Waals surface area contributed by atoms with Crippen LogP contribution in [0.2, 0.25) is 0 Å². The van der Waals surface area contributed by atoms with E-state index in [1.54, 1.807) is 19.2 Å². The van der Waals surface area contributed by atoms with E-state index in [4.69, 9.17) is 4.74 Å². The number of carbonyl (C=O) groups is 1. The van der Waals surface area contributed by atoms with Crippen LogP contribution in [0, 0.1) is 10.1 Å². The lowest BCUT2D eigenvalue weighted by molar-refractivity contribution is -0.384. The highest BCUT2D eigenvalue weighted by molar-refractivity contribution is 5.96. The summed E-state index contributed by atoms with van der Waals surface area (Å²) in [6, 6.07) is 13.9. The zero-order chi connectivity index (χ0) is 19.9. The van der Waals surface area contributed by atoms with Gasteiger partial charge in [0.25, 0.3) is 11.6 Å². The molecule has 1 unspecified atom stereocenters. The van der Waals surface area contributed by atoms with Crippen LogP contribution < -0.4 is 10.6 Å². The Bertz CT molecular complexity index is 822. The maximum atomic E-state index is 12.8. The number of morpholine rings is 1. The van der Waals surface area contributed by atoms with E-state index in [2.05, 4.69) is 15.5 Å². The molecule has 148 valence electrons. The summed E-state index contributed by atoms with van der Waals surface area (Å²) in [7, 11) is 1.61. The van der Waals surface area contributed by atoms with Gasteiger partial charge in [-0.3, -0.25) is 19.8 Å². The Morgan fingerprint density at radius 1 is 1.21 bits per heavy atom. The molecule has 1 amide bonds. The predicted octanol–water partition coefficient (Wildman–Crippen LogP) is 2.44. The molecule has 28 heavy (non-hydrogen) atoms. The average Bonchev–Trinajstić information content (AvgIpc) is 2.74. The van der Waals surface area contributed by atoms with Gasteiger partial charge in [-0.15, -0.1) is 0 Å². The first kappa shape index (κ1) is 19.8. The van der Waals surface area contributed by atoms with Crippen LogP contribution >= 0.6 is 0 Å². The van der Waals surface area contributed by atoms with Gasteiger partial charge < -0.3 is 15.4 Å². The maximum Gasteiger partial charge on any atom is 0.293 e. The van der Waals surface area contributed by atoms with Crippen LogP contribution in [0.3, 0.4) is 0 Å². The van der Waals surface area contributed by atoms with Gasteiger partial charge in [-0.25, -0.2) is 0 Å². The van der Waals surface area contributed by atoms with Gasteiger partial charge in [-0.05, 0) is 17.7 Å². The predicted molar refractivity (Wildman–Crippen MR) is 107 cm³/mol. The molecular formula is C20H24N4O4. The highest BCUT2D eigenvalue weighted by Crippen LogP contribution is 2.25. The second-order valence-corrected chi connectivity index (χ2v) is 6.59. The van der Waals surface area contributed by atoms with Crippen LogP contribution in [-0.4, -0.2) is 55.6 Å². The summed E-state index contributed by atoms with van der Waals surface area (Å²) in [6.45, 7) is 3.61. The van der Waals surface area contributed by atoms with Crippen LogP contribution in [0.4, 0.5) is 11.4 Å². The zero-order valence-corrected chi connectivity index (χ0v) is 15.8. The monoisotopic (exact) mass is 384 g/mol. The SMILES string of the molecule is CNc1ccc(C(=O)NC(CN2CCOCC2)c2ccccc2)cc1[N+](=O)[O-]. The topological polar surface area (TPSA) is 96.7 Å². The molecule has 0 aliphatic carbocycles. The van der Waals surface area contributed by atoms with Crippen LogP contribution in [0.25, 0.3) is 0 Å². The first-order valence-corrected chi connectivity index (χ1v) is 9.20. The summed E-state index contributed by atoms with van der Waals surface area (Å²) in [5, 5.41) is 17.1. The molecule has 0 radical (unpaired) electrons. The van der Waals surface area contributed by atoms with E-state index in [0.29, 0.717) is 25.4 Å². The minimum Gasteiger partial charge on any atom is -0.383 e. The standard InChI is InChI=1S/C20H24N4O4/c1-21-17-8-7-16(13-19(17)24(26)27)20(25)22-18(15-5-3-2-4-6-15)14-23-9-11-28-12-10-23/h2-8,13,18,21H,9-12,14H2,1H3,(H,22,25). The fourth-order valence-corrected chi connectivity index (χ4v) is 3.24. The molecule has 1 saturated heterocycles. The largest absolute Gasteiger partial charge is 0.383 e. The zero-order valence-electron chi connectivity index (χ0n) is 15.8. The molecule has 1 atom stereocenters. The van der Waals surface area contributed by atoms with Gasteiger partial charge >= 0.3 is 0 Å². The number of carbonyl (C=O) groups excluding carboxylic acids is 1. The number of rotatable bonds is 7. The molecule has 2 aromatic rings. The molecule has 0 spiro atoms. The molecule has 8 nitrogen and oxygen atoms in total. The minimum absolute atomic E-state index is 0.125. The van der Waals surface area contributed by atoms with Crippen molar-refractivity contribution in [2.75, 3.05) is 45.2 Å². The van der Waals surface area contributed by atoms with E-state index in [1.807, 2.05) is 30.3 Å². The number of hydrogen-bond donors (Lipinski definition) is 2. The first-order chi connectivity index (χ1) is 13.6. The summed E-state index contributed by atoms with van der Waals surface area (Å²) in [5.41, 5.74) is 1.49. The van der Waals surface area contributed by atoms with Crippen molar-refractivity contribution < 1.29 is 14.5 Å². The Labute approximate surface area is 163 Å². The second-order valence-electron chi connectivity index (χ2n) is 6.59. The number of anilines is 1. The number of amides is 1. The third kappa shape index (κ3) is 4.85. The minimum atomic E-state index is -0.495. The van der Waals surface area contributed by atoms with E-state index in [0.717, 1.165) is 18.7 Å². The molecule has 2 N–H and O–H groups in total. The van der Waals surface area contributed by atoms with Gasteiger partial charge in [0.1, 0.15) is 5.69 Å². The molecule has 1 aliphatic rings. The van der Waals surface area contributed by atoms with E-state index >= 15 is 0 Å². The number of hydrogen-bond acceptors (Lipinski definition) is 6. The van der Waals surface area contributed by atoms with E-state index in [-0.39, 0.29) is 23.2 Å². The van der Waals surface area contributed by atoms with Crippen LogP contribution in [0.15, 0.2) is 48.5 Å². The van der Waals surface area contributed by atoms with Crippen molar-refractivity contribution in [2.24, 2.45) is 0 Å². The van der Waals surface area contributed by atoms with E-state index < -0.39 is 4.92 Å². The van der Waals surface area contributed by atoms with Gasteiger partial charge in [-0.2, -0.15) is 0 Å². The van der Waals surface area contributed by atoms with Crippen molar-refractivity contribution in [2.45, 2.75) is 6.04 Å². The summed E-state index contributed by atoms with van der Waals surface area (Å²) in [5.74, 6) is -0.340. The van der Waals surface area contributed by atoms with Gasteiger partial charge in [0, 0.05) is 38.3 Å². The summed E-state index contributed by atoms with van der Waals surface area (Å²) < 4.78 is 5.40. The lowest BCUT2D eigenvalue weighted by Crippen LogP contribution is -2.43. The fraction of sp³-hybridized carbons (Fsp3) is 0.350. The van der Waals surface area contributed by atoms with Crippen LogP contribution in [-0.2, 0) is 4.74 Å². The third-order valence-electron chi connectivity index (χ3n) is 4.78. The Morgan fingerprint density at radius 3 is 2.57 bits per heavy atom. The van der Waals surface area contributed by atoms with Crippen LogP contribution in [0.1, 0.15) is 22.0 Å². The van der Waals surface area contributed by atoms with Crippen molar-refractivity contribution >= 4 is 17.3 Å². The highest BCUT2D eigenvalue weighted by Gasteiger charge is 2.22. The molecular weight excluding hydrogens is 360 g/mol. The first-order valence-electron chi connectivity index (χ1n) is 9.20. The summed E-state index contributed by atoms with van der Waals surface area (Å²) >= 11 is 0. The Hall–Kier alpha value is -2.97. The number of nitro groups is 1. The van der Waals surface area contributed by atoms with Gasteiger partial charge in [0.2, 0.25) is 0 Å². The van der Waals surface area contributed by atoms with Crippen molar-refractivity contribution in [3.05, 3.63) is 69.8 Å². The number of benzene rings is 2. The number of nitrogens with one attached hydrogen (secondary N) is 2. The molecule has 0 saturated carbocycles. The lowest BCUT2D eigenvalue weighted by atomic mass is 10.0. The molecule has 3 rings (SSSR count). The molecule has 2 aromatic carbocycles.